The molecule has 6 nitrogen and oxygen atoms in total. The largest absolute Gasteiger partial charge is 0.384 e. The SMILES string of the molecule is CCNc1cc(F)cc2c1NC(=O)[C@]2(C)N1CC[C@H](c2ccccc2)[C@H](C(N)=O)C1. The van der Waals surface area contributed by atoms with Crippen LogP contribution in [0.15, 0.2) is 42.5 Å². The fourth-order valence-corrected chi connectivity index (χ4v) is 4.87. The molecular weight excluding hydrogens is 383 g/mol. The Morgan fingerprint density at radius 1 is 1.33 bits per heavy atom. The minimum Gasteiger partial charge on any atom is -0.384 e. The van der Waals surface area contributed by atoms with Gasteiger partial charge in [0, 0.05) is 25.2 Å². The fraction of sp³-hybridized carbons (Fsp3) is 0.391. The predicted molar refractivity (Wildman–Crippen MR) is 115 cm³/mol. The van der Waals surface area contributed by atoms with E-state index in [1.54, 1.807) is 6.92 Å². The molecular formula is C23H27FN4O2. The summed E-state index contributed by atoms with van der Waals surface area (Å²) in [6.45, 7) is 5.25. The van der Waals surface area contributed by atoms with Crippen LogP contribution in [0.5, 0.6) is 0 Å². The first kappa shape index (κ1) is 20.3. The molecule has 0 bridgehead atoms. The Kier molecular flexibility index (Phi) is 5.24. The summed E-state index contributed by atoms with van der Waals surface area (Å²) in [5, 5.41) is 6.05. The number of amides is 2. The van der Waals surface area contributed by atoms with Crippen molar-refractivity contribution >= 4 is 23.2 Å². The summed E-state index contributed by atoms with van der Waals surface area (Å²) in [7, 11) is 0. The normalized spacial score (nSPS) is 26.2. The predicted octanol–water partition coefficient (Wildman–Crippen LogP) is 3.02. The molecule has 7 heteroatoms. The van der Waals surface area contributed by atoms with Crippen molar-refractivity contribution in [1.29, 1.82) is 0 Å². The van der Waals surface area contributed by atoms with Crippen LogP contribution in [-0.4, -0.2) is 36.3 Å². The maximum atomic E-state index is 14.4. The number of halogens is 1. The lowest BCUT2D eigenvalue weighted by Crippen LogP contribution is -2.55. The Hall–Kier alpha value is -2.93. The average Bonchev–Trinajstić information content (AvgIpc) is 3.00. The lowest BCUT2D eigenvalue weighted by molar-refractivity contribution is -0.133. The van der Waals surface area contributed by atoms with E-state index in [1.807, 2.05) is 42.2 Å². The summed E-state index contributed by atoms with van der Waals surface area (Å²) in [5.41, 5.74) is 7.54. The second kappa shape index (κ2) is 7.72. The number of nitrogens with two attached hydrogens (primary N) is 1. The number of carbonyl (C=O) groups excluding carboxylic acids is 2. The van der Waals surface area contributed by atoms with Gasteiger partial charge in [-0.25, -0.2) is 4.39 Å². The van der Waals surface area contributed by atoms with Crippen LogP contribution in [0, 0.1) is 11.7 Å². The number of rotatable bonds is 5. The zero-order chi connectivity index (χ0) is 21.5. The third-order valence-electron chi connectivity index (χ3n) is 6.51. The summed E-state index contributed by atoms with van der Waals surface area (Å²) in [4.78, 5) is 27.4. The molecule has 2 aromatic rings. The van der Waals surface area contributed by atoms with Gasteiger partial charge in [-0.1, -0.05) is 30.3 Å². The van der Waals surface area contributed by atoms with E-state index < -0.39 is 17.3 Å². The van der Waals surface area contributed by atoms with Gasteiger partial charge in [0.15, 0.2) is 0 Å². The van der Waals surface area contributed by atoms with Crippen molar-refractivity contribution in [2.45, 2.75) is 31.7 Å². The van der Waals surface area contributed by atoms with E-state index in [9.17, 15) is 14.0 Å². The van der Waals surface area contributed by atoms with Crippen molar-refractivity contribution in [2.24, 2.45) is 11.7 Å². The molecule has 2 aromatic carbocycles. The average molecular weight is 410 g/mol. The number of carbonyl (C=O) groups is 2. The quantitative estimate of drug-likeness (QED) is 0.707. The van der Waals surface area contributed by atoms with E-state index in [-0.39, 0.29) is 17.7 Å². The zero-order valence-corrected chi connectivity index (χ0v) is 17.2. The molecule has 0 saturated carbocycles. The Morgan fingerprint density at radius 2 is 2.07 bits per heavy atom. The van der Waals surface area contributed by atoms with Crippen LogP contribution in [0.4, 0.5) is 15.8 Å². The second-order valence-electron chi connectivity index (χ2n) is 8.19. The summed E-state index contributed by atoms with van der Waals surface area (Å²) < 4.78 is 14.4. The fourth-order valence-electron chi connectivity index (χ4n) is 4.87. The van der Waals surface area contributed by atoms with Gasteiger partial charge in [-0.2, -0.15) is 0 Å². The molecule has 1 saturated heterocycles. The molecule has 2 heterocycles. The number of primary amides is 1. The van der Waals surface area contributed by atoms with E-state index in [1.165, 1.54) is 12.1 Å². The number of anilines is 2. The highest BCUT2D eigenvalue weighted by Crippen LogP contribution is 2.47. The van der Waals surface area contributed by atoms with Crippen LogP contribution in [0.1, 0.15) is 37.3 Å². The van der Waals surface area contributed by atoms with E-state index in [0.717, 1.165) is 5.56 Å². The molecule has 0 aromatic heterocycles. The minimum absolute atomic E-state index is 0.00249. The highest BCUT2D eigenvalue weighted by molar-refractivity contribution is 6.08. The number of likely N-dealkylation sites (tertiary alicyclic amines) is 1. The maximum absolute atomic E-state index is 14.4. The molecule has 0 aliphatic carbocycles. The Balaban J connectivity index is 1.70. The van der Waals surface area contributed by atoms with Crippen molar-refractivity contribution in [3.8, 4) is 0 Å². The number of hydrogen-bond donors (Lipinski definition) is 3. The summed E-state index contributed by atoms with van der Waals surface area (Å²) in [5.74, 6) is -1.45. The van der Waals surface area contributed by atoms with Crippen molar-refractivity contribution in [3.05, 3.63) is 59.4 Å². The first-order chi connectivity index (χ1) is 14.4. The Labute approximate surface area is 175 Å². The molecule has 158 valence electrons. The molecule has 4 rings (SSSR count). The van der Waals surface area contributed by atoms with E-state index in [0.29, 0.717) is 43.0 Å². The van der Waals surface area contributed by atoms with E-state index in [2.05, 4.69) is 10.6 Å². The third kappa shape index (κ3) is 3.23. The third-order valence-corrected chi connectivity index (χ3v) is 6.51. The number of nitrogens with zero attached hydrogens (tertiary/aromatic N) is 1. The number of hydrogen-bond acceptors (Lipinski definition) is 4. The van der Waals surface area contributed by atoms with Crippen LogP contribution in [0.2, 0.25) is 0 Å². The van der Waals surface area contributed by atoms with Crippen molar-refractivity contribution in [3.63, 3.8) is 0 Å². The van der Waals surface area contributed by atoms with Crippen molar-refractivity contribution in [1.82, 2.24) is 4.90 Å². The van der Waals surface area contributed by atoms with Gasteiger partial charge < -0.3 is 16.4 Å². The van der Waals surface area contributed by atoms with Crippen molar-refractivity contribution < 1.29 is 14.0 Å². The zero-order valence-electron chi connectivity index (χ0n) is 17.2. The van der Waals surface area contributed by atoms with Crippen LogP contribution in [0.25, 0.3) is 0 Å². The maximum Gasteiger partial charge on any atom is 0.249 e. The summed E-state index contributed by atoms with van der Waals surface area (Å²) in [6, 6.07) is 12.7. The monoisotopic (exact) mass is 410 g/mol. The number of benzene rings is 2. The highest BCUT2D eigenvalue weighted by atomic mass is 19.1. The minimum atomic E-state index is -1.07. The molecule has 0 unspecified atom stereocenters. The molecule has 2 aliphatic rings. The summed E-state index contributed by atoms with van der Waals surface area (Å²) >= 11 is 0. The van der Waals surface area contributed by atoms with E-state index >= 15 is 0 Å². The molecule has 2 amide bonds. The molecule has 30 heavy (non-hydrogen) atoms. The lowest BCUT2D eigenvalue weighted by atomic mass is 9.77. The smallest absolute Gasteiger partial charge is 0.249 e. The summed E-state index contributed by atoms with van der Waals surface area (Å²) in [6.07, 6.45) is 0.686. The molecule has 0 radical (unpaired) electrons. The van der Waals surface area contributed by atoms with Gasteiger partial charge >= 0.3 is 0 Å². The van der Waals surface area contributed by atoms with Crippen LogP contribution >= 0.6 is 0 Å². The van der Waals surface area contributed by atoms with Crippen LogP contribution in [0.3, 0.4) is 0 Å². The van der Waals surface area contributed by atoms with Crippen molar-refractivity contribution in [2.75, 3.05) is 30.3 Å². The molecule has 0 spiro atoms. The second-order valence-corrected chi connectivity index (χ2v) is 8.19. The highest BCUT2D eigenvalue weighted by Gasteiger charge is 2.51. The number of fused-ring (bicyclic) bond motifs is 1. The number of nitrogens with one attached hydrogen (secondary N) is 2. The molecule has 2 aliphatic heterocycles. The van der Waals surface area contributed by atoms with Gasteiger partial charge in [0.2, 0.25) is 11.8 Å². The number of piperidine rings is 1. The first-order valence-corrected chi connectivity index (χ1v) is 10.3. The molecule has 4 N–H and O–H groups in total. The van der Waals surface area contributed by atoms with Gasteiger partial charge in [0.05, 0.1) is 17.3 Å². The molecule has 1 fully saturated rings. The Bertz CT molecular complexity index is 981. The molecule has 3 atom stereocenters. The standard InChI is InChI=1S/C23H27FN4O2/c1-3-26-19-12-15(24)11-18-20(19)27-22(30)23(18,2)28-10-9-16(17(13-28)21(25)29)14-7-5-4-6-8-14/h4-8,11-12,16-17,26H,3,9-10,13H2,1-2H3,(H2,25,29)(H,27,30)/t16-,17-,23-/m1/s1. The van der Waals surface area contributed by atoms with E-state index in [4.69, 9.17) is 5.73 Å². The lowest BCUT2D eigenvalue weighted by Gasteiger charge is -2.44. The first-order valence-electron chi connectivity index (χ1n) is 10.3. The van der Waals surface area contributed by atoms with Gasteiger partial charge in [-0.05, 0) is 43.9 Å². The van der Waals surface area contributed by atoms with Gasteiger partial charge in [-0.15, -0.1) is 0 Å². The van der Waals surface area contributed by atoms with Gasteiger partial charge in [0.25, 0.3) is 0 Å². The Morgan fingerprint density at radius 3 is 2.73 bits per heavy atom. The van der Waals surface area contributed by atoms with Gasteiger partial charge in [0.1, 0.15) is 11.4 Å². The van der Waals surface area contributed by atoms with Crippen LogP contribution < -0.4 is 16.4 Å². The topological polar surface area (TPSA) is 87.5 Å². The van der Waals surface area contributed by atoms with Gasteiger partial charge in [-0.3, -0.25) is 14.5 Å². The van der Waals surface area contributed by atoms with Crippen LogP contribution in [-0.2, 0) is 15.1 Å².